The van der Waals surface area contributed by atoms with Gasteiger partial charge < -0.3 is 26.4 Å². The number of carbonyl (C=O) groups excluding carboxylic acids is 6. The molecule has 0 bridgehead atoms. The molecule has 0 aliphatic carbocycles. The molecule has 1 rings (SSSR count). The summed E-state index contributed by atoms with van der Waals surface area (Å²) in [6.45, 7) is 6.28. The summed E-state index contributed by atoms with van der Waals surface area (Å²) in [5.74, 6) is -1.52. The number of carbonyl (C=O) groups is 7. The van der Waals surface area contributed by atoms with E-state index < -0.39 is 47.7 Å². The topological polar surface area (TPSA) is 191 Å². The van der Waals surface area contributed by atoms with E-state index in [4.69, 9.17) is 9.90 Å². The fourth-order valence-corrected chi connectivity index (χ4v) is 3.83. The molecule has 214 valence electrons. The molecule has 5 N–H and O–H groups in total. The lowest BCUT2D eigenvalue weighted by Crippen LogP contribution is -2.54. The van der Waals surface area contributed by atoms with E-state index in [0.717, 1.165) is 29.2 Å². The first kappa shape index (κ1) is 34.6. The summed E-state index contributed by atoms with van der Waals surface area (Å²) in [6.07, 6.45) is 6.76. The standard InChI is InChI=1S/C23H37N5O6S.CH2O2/c1-5-6-7-8-13-35-14-24-21(32)15(2)26-23(34)17(4)27-22(33)16(3)25-18(29)11-12-28-19(30)9-10-20(28)31;2-1-3/h9-10,15-17H,5-8,11-14H2,1-4H3,(H,24,32)(H,25,29)(H,26,34)(H,27,33);1H,(H,2,3). The number of unbranched alkanes of at least 4 members (excludes halogenated alkanes) is 3. The molecule has 0 fully saturated rings. The number of nitrogens with zero attached hydrogens (tertiary/aromatic N) is 1. The first-order valence-corrected chi connectivity index (χ1v) is 13.5. The quantitative estimate of drug-likeness (QED) is 0.0746. The first-order chi connectivity index (χ1) is 18.0. The highest BCUT2D eigenvalue weighted by atomic mass is 32.2. The van der Waals surface area contributed by atoms with Crippen molar-refractivity contribution in [3.8, 4) is 0 Å². The van der Waals surface area contributed by atoms with E-state index >= 15 is 0 Å². The number of imide groups is 1. The average Bonchev–Trinajstić information content (AvgIpc) is 3.18. The molecule has 14 heteroatoms. The van der Waals surface area contributed by atoms with Crippen molar-refractivity contribution in [1.29, 1.82) is 0 Å². The molecule has 0 spiro atoms. The zero-order valence-electron chi connectivity index (χ0n) is 22.3. The molecule has 1 aliphatic heterocycles. The number of thioether (sulfide) groups is 1. The highest BCUT2D eigenvalue weighted by Gasteiger charge is 2.26. The van der Waals surface area contributed by atoms with Crippen LogP contribution in [0.1, 0.15) is 59.8 Å². The van der Waals surface area contributed by atoms with Gasteiger partial charge in [0.1, 0.15) is 18.1 Å². The van der Waals surface area contributed by atoms with Crippen molar-refractivity contribution in [2.45, 2.75) is 77.9 Å². The molecule has 0 saturated carbocycles. The van der Waals surface area contributed by atoms with Gasteiger partial charge in [-0.25, -0.2) is 0 Å². The lowest BCUT2D eigenvalue weighted by Gasteiger charge is -2.20. The van der Waals surface area contributed by atoms with Gasteiger partial charge >= 0.3 is 0 Å². The van der Waals surface area contributed by atoms with E-state index in [-0.39, 0.29) is 25.3 Å². The fraction of sp³-hybridized carbons (Fsp3) is 0.625. The van der Waals surface area contributed by atoms with Gasteiger partial charge in [-0.2, -0.15) is 0 Å². The minimum atomic E-state index is -0.948. The summed E-state index contributed by atoms with van der Waals surface area (Å²) in [4.78, 5) is 81.2. The molecule has 0 saturated heterocycles. The number of carboxylic acid groups (broad SMARTS) is 1. The van der Waals surface area contributed by atoms with E-state index in [1.807, 2.05) is 0 Å². The van der Waals surface area contributed by atoms with E-state index in [1.54, 1.807) is 18.7 Å². The Balaban J connectivity index is 0.00000434. The normalized spacial score (nSPS) is 14.5. The number of amides is 6. The Bertz CT molecular complexity index is 849. The van der Waals surface area contributed by atoms with Crippen LogP contribution in [-0.2, 0) is 33.6 Å². The van der Waals surface area contributed by atoms with Crippen LogP contribution in [0, 0.1) is 0 Å². The number of nitrogens with one attached hydrogen (secondary N) is 4. The van der Waals surface area contributed by atoms with Gasteiger partial charge in [-0.05, 0) is 32.9 Å². The zero-order chi connectivity index (χ0) is 29.1. The third-order valence-electron chi connectivity index (χ3n) is 5.23. The second-order valence-electron chi connectivity index (χ2n) is 8.42. The van der Waals surface area contributed by atoms with Gasteiger partial charge in [0, 0.05) is 25.1 Å². The Morgan fingerprint density at radius 2 is 1.39 bits per heavy atom. The van der Waals surface area contributed by atoms with Gasteiger partial charge in [0.05, 0.1) is 5.88 Å². The highest BCUT2D eigenvalue weighted by Crippen LogP contribution is 2.06. The van der Waals surface area contributed by atoms with Crippen LogP contribution in [0.3, 0.4) is 0 Å². The molecule has 3 atom stereocenters. The third-order valence-corrected chi connectivity index (χ3v) is 6.15. The molecule has 0 aromatic rings. The molecule has 0 radical (unpaired) electrons. The maximum absolute atomic E-state index is 12.4. The molecule has 3 unspecified atom stereocenters. The van der Waals surface area contributed by atoms with Crippen LogP contribution in [0.25, 0.3) is 0 Å². The molecule has 0 aromatic carbocycles. The van der Waals surface area contributed by atoms with Crippen LogP contribution >= 0.6 is 11.8 Å². The molecule has 13 nitrogen and oxygen atoms in total. The summed E-state index contributed by atoms with van der Waals surface area (Å²) in [7, 11) is 0. The minimum Gasteiger partial charge on any atom is -0.483 e. The summed E-state index contributed by atoms with van der Waals surface area (Å²) in [6, 6.07) is -2.66. The predicted octanol–water partition coefficient (Wildman–Crippen LogP) is -0.0964. The fourth-order valence-electron chi connectivity index (χ4n) is 3.03. The Morgan fingerprint density at radius 3 is 1.92 bits per heavy atom. The van der Waals surface area contributed by atoms with Crippen molar-refractivity contribution in [1.82, 2.24) is 26.2 Å². The Kier molecular flexibility index (Phi) is 17.9. The molecule has 38 heavy (non-hydrogen) atoms. The van der Waals surface area contributed by atoms with Crippen molar-refractivity contribution < 1.29 is 38.7 Å². The number of hydrogen-bond donors (Lipinski definition) is 5. The van der Waals surface area contributed by atoms with Gasteiger partial charge in [-0.1, -0.05) is 26.2 Å². The Labute approximate surface area is 226 Å². The van der Waals surface area contributed by atoms with Crippen molar-refractivity contribution >= 4 is 53.7 Å². The maximum Gasteiger partial charge on any atom is 0.290 e. The monoisotopic (exact) mass is 557 g/mol. The summed E-state index contributed by atoms with van der Waals surface area (Å²) in [5.41, 5.74) is 0. The van der Waals surface area contributed by atoms with E-state index in [2.05, 4.69) is 28.2 Å². The molecule has 1 heterocycles. The molecular formula is C24H39N5O8S. The second-order valence-corrected chi connectivity index (χ2v) is 9.53. The molecule has 0 aromatic heterocycles. The number of hydrogen-bond acceptors (Lipinski definition) is 8. The van der Waals surface area contributed by atoms with Crippen molar-refractivity contribution in [3.05, 3.63) is 12.2 Å². The summed E-state index contributed by atoms with van der Waals surface area (Å²) >= 11 is 1.63. The van der Waals surface area contributed by atoms with Crippen LogP contribution in [0.4, 0.5) is 0 Å². The lowest BCUT2D eigenvalue weighted by atomic mass is 10.2. The van der Waals surface area contributed by atoms with Crippen molar-refractivity contribution in [3.63, 3.8) is 0 Å². The van der Waals surface area contributed by atoms with Gasteiger partial charge in [0.15, 0.2) is 0 Å². The zero-order valence-corrected chi connectivity index (χ0v) is 23.1. The maximum atomic E-state index is 12.4. The largest absolute Gasteiger partial charge is 0.483 e. The molecule has 1 aliphatic rings. The van der Waals surface area contributed by atoms with Gasteiger partial charge in [0.25, 0.3) is 18.3 Å². The summed E-state index contributed by atoms with van der Waals surface area (Å²) in [5, 5.41) is 17.2. The first-order valence-electron chi connectivity index (χ1n) is 12.3. The lowest BCUT2D eigenvalue weighted by molar-refractivity contribution is -0.137. The van der Waals surface area contributed by atoms with E-state index in [9.17, 15) is 28.8 Å². The van der Waals surface area contributed by atoms with Gasteiger partial charge in [-0.15, -0.1) is 11.8 Å². The number of rotatable bonds is 16. The average molecular weight is 558 g/mol. The predicted molar refractivity (Wildman–Crippen MR) is 142 cm³/mol. The van der Waals surface area contributed by atoms with Crippen LogP contribution in [0.2, 0.25) is 0 Å². The minimum absolute atomic E-state index is 0.0963. The highest BCUT2D eigenvalue weighted by molar-refractivity contribution is 7.99. The Hall–Kier alpha value is -3.42. The Morgan fingerprint density at radius 1 is 0.895 bits per heavy atom. The van der Waals surface area contributed by atoms with E-state index in [1.165, 1.54) is 33.1 Å². The molecular weight excluding hydrogens is 518 g/mol. The second kappa shape index (κ2) is 19.7. The van der Waals surface area contributed by atoms with Gasteiger partial charge in [0.2, 0.25) is 23.6 Å². The SMILES string of the molecule is CCCCCCSCNC(=O)C(C)NC(=O)C(C)NC(=O)C(C)NC(=O)CCN1C(=O)C=CC1=O.O=CO. The van der Waals surface area contributed by atoms with Crippen LogP contribution in [-0.4, -0.2) is 88.2 Å². The van der Waals surface area contributed by atoms with Crippen LogP contribution < -0.4 is 21.3 Å². The van der Waals surface area contributed by atoms with Crippen molar-refractivity contribution in [2.75, 3.05) is 18.2 Å². The van der Waals surface area contributed by atoms with Crippen molar-refractivity contribution in [2.24, 2.45) is 0 Å². The third kappa shape index (κ3) is 14.4. The van der Waals surface area contributed by atoms with E-state index in [0.29, 0.717) is 5.88 Å². The smallest absolute Gasteiger partial charge is 0.290 e. The van der Waals surface area contributed by atoms with Crippen LogP contribution in [0.5, 0.6) is 0 Å². The van der Waals surface area contributed by atoms with Gasteiger partial charge in [-0.3, -0.25) is 38.5 Å². The molecule has 6 amide bonds. The summed E-state index contributed by atoms with van der Waals surface area (Å²) < 4.78 is 0. The van der Waals surface area contributed by atoms with Crippen LogP contribution in [0.15, 0.2) is 12.2 Å².